The Morgan fingerprint density at radius 2 is 2.12 bits per heavy atom. The first-order valence-electron chi connectivity index (χ1n) is 5.67. The Balaban J connectivity index is 2.20. The molecule has 0 atom stereocenters. The quantitative estimate of drug-likeness (QED) is 0.822. The van der Waals surface area contributed by atoms with Crippen LogP contribution in [0.25, 0.3) is 0 Å². The molecule has 1 N–H and O–H groups in total. The van der Waals surface area contributed by atoms with Crippen molar-refractivity contribution in [2.24, 2.45) is 0 Å². The van der Waals surface area contributed by atoms with Crippen molar-refractivity contribution in [3.63, 3.8) is 0 Å². The van der Waals surface area contributed by atoms with Crippen LogP contribution in [0.3, 0.4) is 0 Å². The van der Waals surface area contributed by atoms with Crippen molar-refractivity contribution in [2.45, 2.75) is 32.1 Å². The number of hydrogen-bond donors (Lipinski definition) is 1. The van der Waals surface area contributed by atoms with Crippen LogP contribution in [0.1, 0.15) is 30.5 Å². The molecule has 0 bridgehead atoms. The van der Waals surface area contributed by atoms with Gasteiger partial charge in [-0.3, -0.25) is 0 Å². The maximum Gasteiger partial charge on any atom is 0.133 e. The maximum absolute atomic E-state index is 5.74. The summed E-state index contributed by atoms with van der Waals surface area (Å²) in [4.78, 5) is 8.64. The second-order valence-corrected chi connectivity index (χ2v) is 4.61. The molecule has 1 aliphatic rings. The van der Waals surface area contributed by atoms with Gasteiger partial charge in [-0.2, -0.15) is 0 Å². The molecule has 1 aromatic heterocycles. The lowest BCUT2D eigenvalue weighted by Gasteiger charge is -2.11. The lowest BCUT2D eigenvalue weighted by Crippen LogP contribution is -2.08. The minimum atomic E-state index is 0.561. The van der Waals surface area contributed by atoms with Gasteiger partial charge in [0.1, 0.15) is 12.1 Å². The standard InChI is InChI=1S/C12H16ClN3/c1-9(13)7-14-12-10-5-3-2-4-6-11(10)15-8-16-12/h8H,1-7H2,(H,14,15,16). The summed E-state index contributed by atoms with van der Waals surface area (Å²) in [6.07, 6.45) is 7.48. The number of aromatic nitrogens is 2. The number of fused-ring (bicyclic) bond motifs is 1. The Morgan fingerprint density at radius 3 is 2.94 bits per heavy atom. The van der Waals surface area contributed by atoms with Crippen molar-refractivity contribution < 1.29 is 0 Å². The van der Waals surface area contributed by atoms with Crippen molar-refractivity contribution in [2.75, 3.05) is 11.9 Å². The molecule has 0 radical (unpaired) electrons. The van der Waals surface area contributed by atoms with Crippen LogP contribution >= 0.6 is 11.6 Å². The predicted molar refractivity (Wildman–Crippen MR) is 66.8 cm³/mol. The SMILES string of the molecule is C=C(Cl)CNc1ncnc2c1CCCCC2. The number of anilines is 1. The van der Waals surface area contributed by atoms with Crippen molar-refractivity contribution in [3.05, 3.63) is 29.2 Å². The van der Waals surface area contributed by atoms with Crippen LogP contribution in [0.5, 0.6) is 0 Å². The Hall–Kier alpha value is -1.09. The van der Waals surface area contributed by atoms with Crippen molar-refractivity contribution in [3.8, 4) is 0 Å². The summed E-state index contributed by atoms with van der Waals surface area (Å²) in [7, 11) is 0. The van der Waals surface area contributed by atoms with E-state index in [-0.39, 0.29) is 0 Å². The fourth-order valence-electron chi connectivity index (χ4n) is 2.03. The minimum absolute atomic E-state index is 0.561. The molecule has 0 amide bonds. The normalized spacial score (nSPS) is 15.1. The Morgan fingerprint density at radius 1 is 1.31 bits per heavy atom. The first-order chi connectivity index (χ1) is 7.77. The van der Waals surface area contributed by atoms with Gasteiger partial charge in [0, 0.05) is 16.3 Å². The molecule has 0 spiro atoms. The first-order valence-corrected chi connectivity index (χ1v) is 6.05. The molecule has 16 heavy (non-hydrogen) atoms. The highest BCUT2D eigenvalue weighted by Gasteiger charge is 2.13. The number of hydrogen-bond acceptors (Lipinski definition) is 3. The van der Waals surface area contributed by atoms with E-state index in [1.807, 2.05) is 0 Å². The third-order valence-electron chi connectivity index (χ3n) is 2.82. The van der Waals surface area contributed by atoms with Gasteiger partial charge in [0.25, 0.3) is 0 Å². The van der Waals surface area contributed by atoms with Gasteiger partial charge in [-0.1, -0.05) is 24.6 Å². The average molecular weight is 238 g/mol. The summed E-state index contributed by atoms with van der Waals surface area (Å²) in [5.74, 6) is 0.925. The van der Waals surface area contributed by atoms with Gasteiger partial charge < -0.3 is 5.32 Å². The van der Waals surface area contributed by atoms with Crippen molar-refractivity contribution in [1.82, 2.24) is 9.97 Å². The largest absolute Gasteiger partial charge is 0.365 e. The first kappa shape index (κ1) is 11.4. The molecule has 4 heteroatoms. The Labute approximate surface area is 101 Å². The summed E-state index contributed by atoms with van der Waals surface area (Å²) in [5, 5.41) is 3.82. The van der Waals surface area contributed by atoms with Gasteiger partial charge in [0.2, 0.25) is 0 Å². The zero-order chi connectivity index (χ0) is 11.4. The van der Waals surface area contributed by atoms with E-state index < -0.39 is 0 Å². The van der Waals surface area contributed by atoms with E-state index in [9.17, 15) is 0 Å². The van der Waals surface area contributed by atoms with Crippen LogP contribution in [0.4, 0.5) is 5.82 Å². The van der Waals surface area contributed by atoms with Crippen molar-refractivity contribution >= 4 is 17.4 Å². The topological polar surface area (TPSA) is 37.8 Å². The van der Waals surface area contributed by atoms with E-state index in [2.05, 4.69) is 21.9 Å². The van der Waals surface area contributed by atoms with E-state index in [1.54, 1.807) is 6.33 Å². The van der Waals surface area contributed by atoms with Gasteiger partial charge in [-0.25, -0.2) is 9.97 Å². The molecule has 0 saturated heterocycles. The highest BCUT2D eigenvalue weighted by Crippen LogP contribution is 2.23. The van der Waals surface area contributed by atoms with Gasteiger partial charge in [-0.05, 0) is 25.7 Å². The molecular weight excluding hydrogens is 222 g/mol. The monoisotopic (exact) mass is 237 g/mol. The van der Waals surface area contributed by atoms with Crippen molar-refractivity contribution in [1.29, 1.82) is 0 Å². The molecule has 0 saturated carbocycles. The third kappa shape index (κ3) is 2.73. The number of halogens is 1. The lowest BCUT2D eigenvalue weighted by molar-refractivity contribution is 0.709. The number of nitrogens with zero attached hydrogens (tertiary/aromatic N) is 2. The average Bonchev–Trinajstić information content (AvgIpc) is 2.51. The summed E-state index contributed by atoms with van der Waals surface area (Å²) in [6.45, 7) is 4.22. The molecule has 1 heterocycles. The molecular formula is C12H16ClN3. The third-order valence-corrected chi connectivity index (χ3v) is 2.96. The molecule has 86 valence electrons. The molecule has 0 fully saturated rings. The molecule has 1 aliphatic carbocycles. The highest BCUT2D eigenvalue weighted by atomic mass is 35.5. The van der Waals surface area contributed by atoms with Gasteiger partial charge in [-0.15, -0.1) is 0 Å². The van der Waals surface area contributed by atoms with Crippen LogP contribution in [0.15, 0.2) is 17.9 Å². The number of aryl methyl sites for hydroxylation is 1. The number of rotatable bonds is 3. The maximum atomic E-state index is 5.74. The second-order valence-electron chi connectivity index (χ2n) is 4.08. The highest BCUT2D eigenvalue weighted by molar-refractivity contribution is 6.29. The molecule has 0 unspecified atom stereocenters. The summed E-state index contributed by atoms with van der Waals surface area (Å²) in [6, 6.07) is 0. The predicted octanol–water partition coefficient (Wildman–Crippen LogP) is 2.91. The van der Waals surface area contributed by atoms with Gasteiger partial charge in [0.15, 0.2) is 0 Å². The van der Waals surface area contributed by atoms with E-state index in [0.717, 1.165) is 18.7 Å². The van der Waals surface area contributed by atoms with Crippen LogP contribution in [-0.2, 0) is 12.8 Å². The van der Waals surface area contributed by atoms with E-state index in [4.69, 9.17) is 11.6 Å². The van der Waals surface area contributed by atoms with E-state index >= 15 is 0 Å². The molecule has 2 rings (SSSR count). The molecule has 0 aliphatic heterocycles. The van der Waals surface area contributed by atoms with Crippen LogP contribution in [0.2, 0.25) is 0 Å². The zero-order valence-corrected chi connectivity index (χ0v) is 10.1. The smallest absolute Gasteiger partial charge is 0.133 e. The molecule has 0 aromatic carbocycles. The molecule has 1 aromatic rings. The summed E-state index contributed by atoms with van der Waals surface area (Å²) in [5.41, 5.74) is 2.45. The second kappa shape index (κ2) is 5.30. The van der Waals surface area contributed by atoms with Crippen LogP contribution in [0, 0.1) is 0 Å². The Kier molecular flexibility index (Phi) is 3.78. The zero-order valence-electron chi connectivity index (χ0n) is 9.30. The summed E-state index contributed by atoms with van der Waals surface area (Å²) < 4.78 is 0. The van der Waals surface area contributed by atoms with Gasteiger partial charge >= 0.3 is 0 Å². The summed E-state index contributed by atoms with van der Waals surface area (Å²) >= 11 is 5.74. The lowest BCUT2D eigenvalue weighted by atomic mass is 10.1. The van der Waals surface area contributed by atoms with E-state index in [1.165, 1.54) is 30.5 Å². The van der Waals surface area contributed by atoms with Crippen LogP contribution < -0.4 is 5.32 Å². The fourth-order valence-corrected chi connectivity index (χ4v) is 2.10. The van der Waals surface area contributed by atoms with E-state index in [0.29, 0.717) is 11.6 Å². The fraction of sp³-hybridized carbons (Fsp3) is 0.500. The minimum Gasteiger partial charge on any atom is -0.365 e. The van der Waals surface area contributed by atoms with Crippen LogP contribution in [-0.4, -0.2) is 16.5 Å². The number of nitrogens with one attached hydrogen (secondary N) is 1. The Bertz CT molecular complexity index is 390. The van der Waals surface area contributed by atoms with Gasteiger partial charge in [0.05, 0.1) is 6.54 Å². The molecule has 3 nitrogen and oxygen atoms in total.